The lowest BCUT2D eigenvalue weighted by atomic mass is 10.2. The molecular formula is C13H10Cl2N2O2S2. The first-order chi connectivity index (χ1) is 9.81. The van der Waals surface area contributed by atoms with Crippen molar-refractivity contribution in [1.29, 1.82) is 0 Å². The average molecular weight is 361 g/mol. The molecule has 0 amide bonds. The number of hydrogen-bond acceptors (Lipinski definition) is 3. The normalized spacial score (nSPS) is 11.1. The van der Waals surface area contributed by atoms with Crippen molar-refractivity contribution in [1.82, 2.24) is 0 Å². The van der Waals surface area contributed by atoms with Crippen LogP contribution in [0.4, 0.5) is 5.69 Å². The summed E-state index contributed by atoms with van der Waals surface area (Å²) in [6.07, 6.45) is 0. The Kier molecular flexibility index (Phi) is 4.73. The standard InChI is InChI=1S/C13H10Cl2N2O2S2/c14-10-2-1-3-11(15)12(10)17-21(18,19)9-6-4-8(5-7-9)13(16)20/h1-7,17H,(H2,16,20). The van der Waals surface area contributed by atoms with Gasteiger partial charge in [0, 0.05) is 5.56 Å². The number of hydrogen-bond donors (Lipinski definition) is 2. The van der Waals surface area contributed by atoms with Gasteiger partial charge >= 0.3 is 0 Å². The summed E-state index contributed by atoms with van der Waals surface area (Å²) >= 11 is 16.7. The Morgan fingerprint density at radius 2 is 1.57 bits per heavy atom. The topological polar surface area (TPSA) is 72.2 Å². The molecule has 0 aliphatic heterocycles. The Morgan fingerprint density at radius 3 is 2.05 bits per heavy atom. The van der Waals surface area contributed by atoms with Crippen molar-refractivity contribution < 1.29 is 8.42 Å². The van der Waals surface area contributed by atoms with Gasteiger partial charge in [-0.05, 0) is 24.3 Å². The molecule has 0 saturated heterocycles. The quantitative estimate of drug-likeness (QED) is 0.819. The number of thiocarbonyl (C=S) groups is 1. The van der Waals surface area contributed by atoms with Crippen molar-refractivity contribution in [2.24, 2.45) is 5.73 Å². The van der Waals surface area contributed by atoms with Gasteiger partial charge in [-0.3, -0.25) is 4.72 Å². The van der Waals surface area contributed by atoms with Gasteiger partial charge in [0.2, 0.25) is 0 Å². The van der Waals surface area contributed by atoms with Crippen molar-refractivity contribution in [3.63, 3.8) is 0 Å². The molecule has 0 saturated carbocycles. The SMILES string of the molecule is NC(=S)c1ccc(S(=O)(=O)Nc2c(Cl)cccc2Cl)cc1. The second kappa shape index (κ2) is 6.19. The summed E-state index contributed by atoms with van der Waals surface area (Å²) in [4.78, 5) is 0.250. The van der Waals surface area contributed by atoms with Crippen LogP contribution in [0.3, 0.4) is 0 Å². The molecule has 2 aromatic rings. The van der Waals surface area contributed by atoms with E-state index in [2.05, 4.69) is 4.72 Å². The number of para-hydroxylation sites is 1. The van der Waals surface area contributed by atoms with Gasteiger partial charge in [0.25, 0.3) is 10.0 Å². The van der Waals surface area contributed by atoms with Crippen molar-refractivity contribution in [2.75, 3.05) is 4.72 Å². The molecule has 0 aliphatic carbocycles. The number of rotatable bonds is 4. The van der Waals surface area contributed by atoms with Crippen molar-refractivity contribution >= 4 is 56.1 Å². The minimum Gasteiger partial charge on any atom is -0.389 e. The Labute approximate surface area is 137 Å². The van der Waals surface area contributed by atoms with Crippen LogP contribution in [-0.2, 0) is 10.0 Å². The van der Waals surface area contributed by atoms with E-state index in [-0.39, 0.29) is 25.6 Å². The van der Waals surface area contributed by atoms with Crippen molar-refractivity contribution in [3.05, 3.63) is 58.1 Å². The van der Waals surface area contributed by atoms with E-state index in [9.17, 15) is 8.42 Å². The molecule has 110 valence electrons. The lowest BCUT2D eigenvalue weighted by Crippen LogP contribution is -2.14. The summed E-state index contributed by atoms with van der Waals surface area (Å²) in [5.41, 5.74) is 6.19. The van der Waals surface area contributed by atoms with E-state index in [1.54, 1.807) is 18.2 Å². The van der Waals surface area contributed by atoms with Gasteiger partial charge in [-0.25, -0.2) is 8.42 Å². The molecule has 0 aromatic heterocycles. The number of nitrogens with two attached hydrogens (primary N) is 1. The lowest BCUT2D eigenvalue weighted by molar-refractivity contribution is 0.601. The van der Waals surface area contributed by atoms with Crippen molar-refractivity contribution in [2.45, 2.75) is 4.90 Å². The fraction of sp³-hybridized carbons (Fsp3) is 0. The number of halogens is 2. The molecule has 0 atom stereocenters. The minimum absolute atomic E-state index is 0.0542. The Balaban J connectivity index is 2.36. The zero-order valence-corrected chi connectivity index (χ0v) is 13.7. The van der Waals surface area contributed by atoms with E-state index in [1.807, 2.05) is 0 Å². The maximum Gasteiger partial charge on any atom is 0.261 e. The zero-order valence-electron chi connectivity index (χ0n) is 10.5. The molecule has 2 aromatic carbocycles. The number of benzene rings is 2. The number of sulfonamides is 1. The van der Waals surface area contributed by atoms with E-state index in [0.29, 0.717) is 5.56 Å². The molecule has 21 heavy (non-hydrogen) atoms. The second-order valence-corrected chi connectivity index (χ2v) is 7.03. The predicted molar refractivity (Wildman–Crippen MR) is 89.6 cm³/mol. The van der Waals surface area contributed by atoms with Crippen LogP contribution in [0.1, 0.15) is 5.56 Å². The third kappa shape index (κ3) is 3.65. The molecular weight excluding hydrogens is 351 g/mol. The molecule has 0 aliphatic rings. The summed E-state index contributed by atoms with van der Waals surface area (Å²) in [6.45, 7) is 0. The molecule has 0 spiro atoms. The molecule has 2 rings (SSSR count). The van der Waals surface area contributed by atoms with Crippen LogP contribution in [0.2, 0.25) is 10.0 Å². The van der Waals surface area contributed by atoms with E-state index >= 15 is 0 Å². The van der Waals surface area contributed by atoms with Gasteiger partial charge in [0.15, 0.2) is 0 Å². The first-order valence-corrected chi connectivity index (χ1v) is 8.33. The number of anilines is 1. The van der Waals surface area contributed by atoms with Crippen molar-refractivity contribution in [3.8, 4) is 0 Å². The molecule has 0 unspecified atom stereocenters. The van der Waals surface area contributed by atoms with Crippen LogP contribution in [-0.4, -0.2) is 13.4 Å². The molecule has 4 nitrogen and oxygen atoms in total. The summed E-state index contributed by atoms with van der Waals surface area (Å²) in [6, 6.07) is 10.6. The largest absolute Gasteiger partial charge is 0.389 e. The molecule has 0 bridgehead atoms. The Morgan fingerprint density at radius 1 is 1.05 bits per heavy atom. The highest BCUT2D eigenvalue weighted by atomic mass is 35.5. The van der Waals surface area contributed by atoms with Crippen LogP contribution < -0.4 is 10.5 Å². The Hall–Kier alpha value is -1.34. The summed E-state index contributed by atoms with van der Waals surface area (Å²) < 4.78 is 27.0. The number of nitrogens with one attached hydrogen (secondary N) is 1. The fourth-order valence-corrected chi connectivity index (χ4v) is 3.43. The van der Waals surface area contributed by atoms with Crippen LogP contribution in [0.15, 0.2) is 47.4 Å². The third-order valence-electron chi connectivity index (χ3n) is 2.65. The van der Waals surface area contributed by atoms with Gasteiger partial charge < -0.3 is 5.73 Å². The first kappa shape index (κ1) is 16.0. The van der Waals surface area contributed by atoms with Gasteiger partial charge in [0.1, 0.15) is 4.99 Å². The molecule has 0 heterocycles. The maximum absolute atomic E-state index is 12.3. The first-order valence-electron chi connectivity index (χ1n) is 5.68. The van der Waals surface area contributed by atoms with Gasteiger partial charge in [-0.15, -0.1) is 0 Å². The average Bonchev–Trinajstić information content (AvgIpc) is 2.43. The zero-order chi connectivity index (χ0) is 15.6. The summed E-state index contributed by atoms with van der Waals surface area (Å²) in [5.74, 6) is 0. The van der Waals surface area contributed by atoms with Gasteiger partial charge in [-0.2, -0.15) is 0 Å². The van der Waals surface area contributed by atoms with E-state index < -0.39 is 10.0 Å². The minimum atomic E-state index is -3.80. The highest BCUT2D eigenvalue weighted by Crippen LogP contribution is 2.31. The highest BCUT2D eigenvalue weighted by Gasteiger charge is 2.17. The fourth-order valence-electron chi connectivity index (χ4n) is 1.59. The van der Waals surface area contributed by atoms with E-state index in [4.69, 9.17) is 41.2 Å². The molecule has 0 fully saturated rings. The Bertz CT molecular complexity index is 770. The molecule has 0 radical (unpaired) electrons. The van der Waals surface area contributed by atoms with E-state index in [0.717, 1.165) is 0 Å². The monoisotopic (exact) mass is 360 g/mol. The molecule has 8 heteroatoms. The summed E-state index contributed by atoms with van der Waals surface area (Å²) in [7, 11) is -3.80. The smallest absolute Gasteiger partial charge is 0.261 e. The molecule has 3 N–H and O–H groups in total. The predicted octanol–water partition coefficient (Wildman–Crippen LogP) is 3.43. The third-order valence-corrected chi connectivity index (χ3v) is 4.88. The van der Waals surface area contributed by atoms with Gasteiger partial charge in [0.05, 0.1) is 20.6 Å². The second-order valence-electron chi connectivity index (χ2n) is 4.09. The maximum atomic E-state index is 12.3. The summed E-state index contributed by atoms with van der Waals surface area (Å²) in [5, 5.41) is 0.427. The van der Waals surface area contributed by atoms with Crippen LogP contribution >= 0.6 is 35.4 Å². The highest BCUT2D eigenvalue weighted by molar-refractivity contribution is 7.92. The van der Waals surface area contributed by atoms with Crippen LogP contribution in [0, 0.1) is 0 Å². The van der Waals surface area contributed by atoms with E-state index in [1.165, 1.54) is 24.3 Å². The van der Waals surface area contributed by atoms with Crippen LogP contribution in [0.25, 0.3) is 0 Å². The van der Waals surface area contributed by atoms with Gasteiger partial charge in [-0.1, -0.05) is 53.6 Å². The van der Waals surface area contributed by atoms with Crippen LogP contribution in [0.5, 0.6) is 0 Å². The lowest BCUT2D eigenvalue weighted by Gasteiger charge is -2.11.